The first kappa shape index (κ1) is 20.0. The molecule has 1 rings (SSSR count). The van der Waals surface area contributed by atoms with E-state index < -0.39 is 0 Å². The van der Waals surface area contributed by atoms with Gasteiger partial charge in [0.2, 0.25) is 0 Å². The van der Waals surface area contributed by atoms with E-state index in [1.165, 1.54) is 51.6 Å². The van der Waals surface area contributed by atoms with E-state index in [1.807, 2.05) is 0 Å². The van der Waals surface area contributed by atoms with Crippen LogP contribution in [0.4, 0.5) is 0 Å². The molecule has 0 radical (unpaired) electrons. The topological polar surface area (TPSA) is 12.5 Å². The van der Waals surface area contributed by atoms with Gasteiger partial charge in [0, 0.05) is 6.04 Å². The van der Waals surface area contributed by atoms with Crippen LogP contribution in [-0.4, -0.2) is 36.7 Å². The van der Waals surface area contributed by atoms with E-state index in [0.717, 1.165) is 24.4 Å². The molecule has 0 N–H and O–H groups in total. The first-order chi connectivity index (χ1) is 10.4. The molecule has 2 heteroatoms. The van der Waals surface area contributed by atoms with Crippen LogP contribution in [0, 0.1) is 17.8 Å². The maximum Gasteiger partial charge on any atom is 0.0625 e. The lowest BCUT2D eigenvalue weighted by molar-refractivity contribution is 0.0366. The van der Waals surface area contributed by atoms with E-state index in [9.17, 15) is 0 Å². The van der Waals surface area contributed by atoms with Crippen molar-refractivity contribution in [2.24, 2.45) is 17.8 Å². The van der Waals surface area contributed by atoms with Gasteiger partial charge in [-0.3, -0.25) is 4.90 Å². The Kier molecular flexibility index (Phi) is 9.66. The third-order valence-electron chi connectivity index (χ3n) is 4.79. The average Bonchev–Trinajstić information content (AvgIpc) is 2.82. The van der Waals surface area contributed by atoms with Crippen molar-refractivity contribution in [1.82, 2.24) is 4.90 Å². The molecule has 1 saturated heterocycles. The van der Waals surface area contributed by atoms with Gasteiger partial charge in [0.1, 0.15) is 0 Å². The van der Waals surface area contributed by atoms with Gasteiger partial charge in [-0.1, -0.05) is 27.7 Å². The summed E-state index contributed by atoms with van der Waals surface area (Å²) in [5.41, 5.74) is 0. The first-order valence-corrected chi connectivity index (χ1v) is 9.74. The van der Waals surface area contributed by atoms with Crippen LogP contribution in [0.1, 0.15) is 80.1 Å². The summed E-state index contributed by atoms with van der Waals surface area (Å²) in [5, 5.41) is 0. The number of rotatable bonds is 11. The first-order valence-electron chi connectivity index (χ1n) is 9.74. The van der Waals surface area contributed by atoms with Gasteiger partial charge in [0.05, 0.1) is 12.7 Å². The molecule has 0 amide bonds. The fraction of sp³-hybridized carbons (Fsp3) is 1.00. The molecule has 132 valence electrons. The summed E-state index contributed by atoms with van der Waals surface area (Å²) in [4.78, 5) is 2.68. The molecule has 0 aromatic rings. The Bertz CT molecular complexity index is 265. The molecule has 0 aromatic heterocycles. The Hall–Kier alpha value is -0.0800. The number of nitrogens with zero attached hydrogens (tertiary/aromatic N) is 1. The van der Waals surface area contributed by atoms with Crippen molar-refractivity contribution >= 4 is 0 Å². The van der Waals surface area contributed by atoms with Crippen molar-refractivity contribution in [1.29, 1.82) is 0 Å². The highest BCUT2D eigenvalue weighted by Crippen LogP contribution is 2.26. The molecule has 0 unspecified atom stereocenters. The molecule has 1 atom stereocenters. The number of likely N-dealkylation sites (tertiary alicyclic amines) is 1. The van der Waals surface area contributed by atoms with Crippen molar-refractivity contribution in [3.63, 3.8) is 0 Å². The summed E-state index contributed by atoms with van der Waals surface area (Å²) < 4.78 is 5.85. The van der Waals surface area contributed by atoms with Gasteiger partial charge < -0.3 is 4.74 Å². The molecule has 1 fully saturated rings. The summed E-state index contributed by atoms with van der Waals surface area (Å²) in [7, 11) is 0. The highest BCUT2D eigenvalue weighted by molar-refractivity contribution is 4.79. The minimum Gasteiger partial charge on any atom is -0.377 e. The molecular formula is C20H41NO. The fourth-order valence-electron chi connectivity index (χ4n) is 3.93. The molecular weight excluding hydrogens is 270 g/mol. The second-order valence-electron chi connectivity index (χ2n) is 8.48. The standard InChI is InChI=1S/C20H41NO/c1-16(2)13-19(14-17(3)4)9-7-11-21-12-8-10-20(21)15-22-18(5)6/h16-20H,7-15H2,1-6H3/t20-/m0/s1. The van der Waals surface area contributed by atoms with Crippen molar-refractivity contribution < 1.29 is 4.74 Å². The van der Waals surface area contributed by atoms with Crippen LogP contribution in [0.2, 0.25) is 0 Å². The lowest BCUT2D eigenvalue weighted by Gasteiger charge is -2.27. The summed E-state index contributed by atoms with van der Waals surface area (Å²) in [5.74, 6) is 2.60. The van der Waals surface area contributed by atoms with Gasteiger partial charge in [0.15, 0.2) is 0 Å². The van der Waals surface area contributed by atoms with Crippen LogP contribution in [0.15, 0.2) is 0 Å². The molecule has 22 heavy (non-hydrogen) atoms. The third-order valence-corrected chi connectivity index (χ3v) is 4.79. The van der Waals surface area contributed by atoms with E-state index in [2.05, 4.69) is 46.4 Å². The normalized spacial score (nSPS) is 20.2. The zero-order valence-electron chi connectivity index (χ0n) is 16.1. The Morgan fingerprint density at radius 3 is 2.18 bits per heavy atom. The maximum atomic E-state index is 5.85. The predicted octanol–water partition coefficient (Wildman–Crippen LogP) is 5.36. The van der Waals surface area contributed by atoms with E-state index in [4.69, 9.17) is 4.74 Å². The largest absolute Gasteiger partial charge is 0.377 e. The van der Waals surface area contributed by atoms with Crippen LogP contribution in [0.5, 0.6) is 0 Å². The van der Waals surface area contributed by atoms with Gasteiger partial charge in [-0.25, -0.2) is 0 Å². The Morgan fingerprint density at radius 2 is 1.64 bits per heavy atom. The van der Waals surface area contributed by atoms with Crippen molar-refractivity contribution in [2.75, 3.05) is 19.7 Å². The van der Waals surface area contributed by atoms with E-state index in [-0.39, 0.29) is 0 Å². The van der Waals surface area contributed by atoms with Crippen molar-refractivity contribution in [2.45, 2.75) is 92.2 Å². The van der Waals surface area contributed by atoms with Crippen molar-refractivity contribution in [3.05, 3.63) is 0 Å². The molecule has 1 heterocycles. The third kappa shape index (κ3) is 8.53. The second kappa shape index (κ2) is 10.6. The average molecular weight is 312 g/mol. The zero-order chi connectivity index (χ0) is 16.5. The highest BCUT2D eigenvalue weighted by atomic mass is 16.5. The number of hydrogen-bond donors (Lipinski definition) is 0. The zero-order valence-corrected chi connectivity index (χ0v) is 16.1. The summed E-state index contributed by atoms with van der Waals surface area (Å²) in [6.07, 6.45) is 8.62. The highest BCUT2D eigenvalue weighted by Gasteiger charge is 2.24. The van der Waals surface area contributed by atoms with Crippen LogP contribution >= 0.6 is 0 Å². The van der Waals surface area contributed by atoms with Crippen LogP contribution < -0.4 is 0 Å². The van der Waals surface area contributed by atoms with E-state index in [1.54, 1.807) is 0 Å². The minimum atomic E-state index is 0.365. The summed E-state index contributed by atoms with van der Waals surface area (Å²) in [6.45, 7) is 17.2. The van der Waals surface area contributed by atoms with E-state index in [0.29, 0.717) is 12.1 Å². The fourth-order valence-corrected chi connectivity index (χ4v) is 3.93. The van der Waals surface area contributed by atoms with Crippen LogP contribution in [0.3, 0.4) is 0 Å². The summed E-state index contributed by atoms with van der Waals surface area (Å²) in [6, 6.07) is 0.677. The van der Waals surface area contributed by atoms with Gasteiger partial charge in [0.25, 0.3) is 0 Å². The van der Waals surface area contributed by atoms with Crippen LogP contribution in [-0.2, 0) is 4.74 Å². The smallest absolute Gasteiger partial charge is 0.0625 e. The molecule has 1 aliphatic heterocycles. The van der Waals surface area contributed by atoms with Crippen molar-refractivity contribution in [3.8, 4) is 0 Å². The molecule has 0 aromatic carbocycles. The second-order valence-corrected chi connectivity index (χ2v) is 8.48. The number of hydrogen-bond acceptors (Lipinski definition) is 2. The molecule has 2 nitrogen and oxygen atoms in total. The monoisotopic (exact) mass is 311 g/mol. The molecule has 0 saturated carbocycles. The maximum absolute atomic E-state index is 5.85. The predicted molar refractivity (Wildman–Crippen MR) is 97.3 cm³/mol. The Balaban J connectivity index is 2.30. The summed E-state index contributed by atoms with van der Waals surface area (Å²) >= 11 is 0. The van der Waals surface area contributed by atoms with E-state index >= 15 is 0 Å². The lowest BCUT2D eigenvalue weighted by atomic mass is 9.86. The van der Waals surface area contributed by atoms with Gasteiger partial charge in [-0.05, 0) is 83.2 Å². The molecule has 0 spiro atoms. The van der Waals surface area contributed by atoms with Crippen LogP contribution in [0.25, 0.3) is 0 Å². The Labute approximate surface area is 140 Å². The minimum absolute atomic E-state index is 0.365. The Morgan fingerprint density at radius 1 is 1.00 bits per heavy atom. The molecule has 1 aliphatic rings. The quantitative estimate of drug-likeness (QED) is 0.509. The van der Waals surface area contributed by atoms with Gasteiger partial charge >= 0.3 is 0 Å². The molecule has 0 bridgehead atoms. The lowest BCUT2D eigenvalue weighted by Crippen LogP contribution is -2.34. The van der Waals surface area contributed by atoms with Gasteiger partial charge in [-0.2, -0.15) is 0 Å². The molecule has 0 aliphatic carbocycles. The van der Waals surface area contributed by atoms with Gasteiger partial charge in [-0.15, -0.1) is 0 Å². The number of ether oxygens (including phenoxy) is 1. The SMILES string of the molecule is CC(C)CC(CCCN1CCC[C@H]1COC(C)C)CC(C)C.